The van der Waals surface area contributed by atoms with Crippen LogP contribution in [-0.2, 0) is 0 Å². The fourth-order valence-corrected chi connectivity index (χ4v) is 2.58. The fourth-order valence-electron chi connectivity index (χ4n) is 1.84. The average molecular weight is 237 g/mol. The summed E-state index contributed by atoms with van der Waals surface area (Å²) in [5, 5.41) is 0. The maximum Gasteiger partial charge on any atom is -0.00144 e. The van der Waals surface area contributed by atoms with Crippen LogP contribution in [0.2, 0.25) is 0 Å². The van der Waals surface area contributed by atoms with Crippen molar-refractivity contribution in [1.82, 2.24) is 0 Å². The largest absolute Gasteiger partial charge is 0.0801 e. The Hall–Kier alpha value is -0.560. The Balaban J connectivity index is 2.25. The van der Waals surface area contributed by atoms with Crippen molar-refractivity contribution in [3.8, 4) is 0 Å². The predicted molar refractivity (Wildman–Crippen MR) is 60.8 cm³/mol. The molecule has 13 heavy (non-hydrogen) atoms. The Morgan fingerprint density at radius 2 is 2.00 bits per heavy atom. The molecule has 1 heteroatoms. The molecular formula is C12H13Br. The molecule has 0 aromatic heterocycles. The van der Waals surface area contributed by atoms with Crippen LogP contribution < -0.4 is 0 Å². The fraction of sp³-hybridized carbons (Fsp3) is 0.333. The van der Waals surface area contributed by atoms with E-state index in [9.17, 15) is 0 Å². The van der Waals surface area contributed by atoms with E-state index >= 15 is 0 Å². The van der Waals surface area contributed by atoms with Crippen molar-refractivity contribution in [2.75, 3.05) is 0 Å². The van der Waals surface area contributed by atoms with Crippen molar-refractivity contribution in [2.45, 2.75) is 25.7 Å². The molecule has 68 valence electrons. The minimum Gasteiger partial charge on any atom is -0.0801 e. The lowest BCUT2D eigenvalue weighted by atomic mass is 10.0. The Morgan fingerprint density at radius 1 is 1.08 bits per heavy atom. The van der Waals surface area contributed by atoms with E-state index in [2.05, 4.69) is 46.3 Å². The molecule has 0 amide bonds. The third-order valence-electron chi connectivity index (χ3n) is 2.53. The molecule has 2 aliphatic carbocycles. The first-order valence-corrected chi connectivity index (χ1v) is 5.57. The quantitative estimate of drug-likeness (QED) is 0.639. The second kappa shape index (κ2) is 4.10. The van der Waals surface area contributed by atoms with Gasteiger partial charge in [-0.3, -0.25) is 0 Å². The standard InChI is InChI=1S/C12H13Br/c13-12-9-5-8-11(12)10-6-3-1-2-4-7-10/h1-4,6H,5,7-9H2. The molecule has 0 atom stereocenters. The molecule has 0 N–H and O–H groups in total. The number of hydrogen-bond acceptors (Lipinski definition) is 0. The molecular weight excluding hydrogens is 224 g/mol. The van der Waals surface area contributed by atoms with E-state index in [4.69, 9.17) is 0 Å². The molecule has 0 saturated carbocycles. The van der Waals surface area contributed by atoms with Crippen molar-refractivity contribution in [3.63, 3.8) is 0 Å². The molecule has 0 fully saturated rings. The number of hydrogen-bond donors (Lipinski definition) is 0. The maximum absolute atomic E-state index is 3.66. The topological polar surface area (TPSA) is 0 Å². The summed E-state index contributed by atoms with van der Waals surface area (Å²) in [6.07, 6.45) is 15.7. The Kier molecular flexibility index (Phi) is 2.84. The van der Waals surface area contributed by atoms with Crippen LogP contribution in [0, 0.1) is 0 Å². The summed E-state index contributed by atoms with van der Waals surface area (Å²) in [5.41, 5.74) is 3.02. The number of allylic oxidation sites excluding steroid dienone is 8. The van der Waals surface area contributed by atoms with Crippen LogP contribution in [0.15, 0.2) is 46.0 Å². The first-order valence-electron chi connectivity index (χ1n) is 4.78. The minimum absolute atomic E-state index is 1.08. The van der Waals surface area contributed by atoms with Gasteiger partial charge in [-0.25, -0.2) is 0 Å². The Bertz CT molecular complexity index is 316. The molecule has 2 rings (SSSR count). The third kappa shape index (κ3) is 2.02. The van der Waals surface area contributed by atoms with Crippen molar-refractivity contribution in [2.24, 2.45) is 0 Å². The van der Waals surface area contributed by atoms with Gasteiger partial charge in [0.2, 0.25) is 0 Å². The average Bonchev–Trinajstić information content (AvgIpc) is 2.43. The van der Waals surface area contributed by atoms with Crippen molar-refractivity contribution in [3.05, 3.63) is 46.0 Å². The van der Waals surface area contributed by atoms with E-state index in [0.717, 1.165) is 6.42 Å². The van der Waals surface area contributed by atoms with Crippen molar-refractivity contribution >= 4 is 15.9 Å². The summed E-state index contributed by atoms with van der Waals surface area (Å²) in [6.45, 7) is 0. The first kappa shape index (κ1) is 9.01. The zero-order valence-electron chi connectivity index (χ0n) is 7.59. The lowest BCUT2D eigenvalue weighted by Gasteiger charge is -2.05. The van der Waals surface area contributed by atoms with Gasteiger partial charge in [0.05, 0.1) is 0 Å². The minimum atomic E-state index is 1.08. The van der Waals surface area contributed by atoms with E-state index < -0.39 is 0 Å². The highest BCUT2D eigenvalue weighted by Crippen LogP contribution is 2.36. The normalized spacial score (nSPS) is 22.1. The van der Waals surface area contributed by atoms with E-state index in [1.807, 2.05) is 0 Å². The summed E-state index contributed by atoms with van der Waals surface area (Å²) in [4.78, 5) is 0. The van der Waals surface area contributed by atoms with Crippen molar-refractivity contribution < 1.29 is 0 Å². The van der Waals surface area contributed by atoms with Gasteiger partial charge < -0.3 is 0 Å². The van der Waals surface area contributed by atoms with Gasteiger partial charge in [0.1, 0.15) is 0 Å². The second-order valence-corrected chi connectivity index (χ2v) is 4.40. The molecule has 0 aromatic rings. The molecule has 0 nitrogen and oxygen atoms in total. The summed E-state index contributed by atoms with van der Waals surface area (Å²) in [7, 11) is 0. The second-order valence-electron chi connectivity index (χ2n) is 3.45. The maximum atomic E-state index is 3.66. The smallest absolute Gasteiger partial charge is 0.00144 e. The van der Waals surface area contributed by atoms with Gasteiger partial charge >= 0.3 is 0 Å². The van der Waals surface area contributed by atoms with E-state index in [1.54, 1.807) is 0 Å². The molecule has 0 aliphatic heterocycles. The Morgan fingerprint density at radius 3 is 2.77 bits per heavy atom. The summed E-state index contributed by atoms with van der Waals surface area (Å²) in [5.74, 6) is 0. The summed E-state index contributed by atoms with van der Waals surface area (Å²) < 4.78 is 1.42. The molecule has 0 aromatic carbocycles. The van der Waals surface area contributed by atoms with Crippen LogP contribution in [-0.4, -0.2) is 0 Å². The third-order valence-corrected chi connectivity index (χ3v) is 3.41. The summed E-state index contributed by atoms with van der Waals surface area (Å²) in [6, 6.07) is 0. The van der Waals surface area contributed by atoms with Gasteiger partial charge in [0.15, 0.2) is 0 Å². The van der Waals surface area contributed by atoms with Crippen LogP contribution >= 0.6 is 15.9 Å². The van der Waals surface area contributed by atoms with E-state index in [-0.39, 0.29) is 0 Å². The lowest BCUT2D eigenvalue weighted by Crippen LogP contribution is -1.85. The summed E-state index contributed by atoms with van der Waals surface area (Å²) >= 11 is 3.66. The molecule has 0 spiro atoms. The van der Waals surface area contributed by atoms with Gasteiger partial charge in [-0.15, -0.1) is 0 Å². The van der Waals surface area contributed by atoms with Gasteiger partial charge in [-0.2, -0.15) is 0 Å². The molecule has 0 bridgehead atoms. The highest BCUT2D eigenvalue weighted by molar-refractivity contribution is 9.11. The van der Waals surface area contributed by atoms with E-state index in [1.165, 1.54) is 34.9 Å². The zero-order valence-corrected chi connectivity index (χ0v) is 9.18. The van der Waals surface area contributed by atoms with Crippen LogP contribution in [0.25, 0.3) is 0 Å². The van der Waals surface area contributed by atoms with E-state index in [0.29, 0.717) is 0 Å². The highest BCUT2D eigenvalue weighted by atomic mass is 79.9. The lowest BCUT2D eigenvalue weighted by molar-refractivity contribution is 0.903. The molecule has 0 saturated heterocycles. The zero-order chi connectivity index (χ0) is 9.10. The first-order chi connectivity index (χ1) is 6.38. The van der Waals surface area contributed by atoms with Gasteiger partial charge in [-0.05, 0) is 41.3 Å². The van der Waals surface area contributed by atoms with Crippen molar-refractivity contribution in [1.29, 1.82) is 0 Å². The van der Waals surface area contributed by atoms with Gasteiger partial charge in [0, 0.05) is 0 Å². The van der Waals surface area contributed by atoms with Crippen LogP contribution in [0.5, 0.6) is 0 Å². The molecule has 0 radical (unpaired) electrons. The van der Waals surface area contributed by atoms with Gasteiger partial charge in [0.25, 0.3) is 0 Å². The van der Waals surface area contributed by atoms with Gasteiger partial charge in [-0.1, -0.05) is 46.3 Å². The molecule has 0 unspecified atom stereocenters. The Labute approximate surface area is 87.9 Å². The van der Waals surface area contributed by atoms with Crippen LogP contribution in [0.3, 0.4) is 0 Å². The van der Waals surface area contributed by atoms with Crippen LogP contribution in [0.1, 0.15) is 25.7 Å². The number of halogens is 1. The molecule has 2 aliphatic rings. The SMILES string of the molecule is BrC1=C(C2=CC=CC=CC2)CCC1. The number of rotatable bonds is 1. The highest BCUT2D eigenvalue weighted by Gasteiger charge is 2.14. The monoisotopic (exact) mass is 236 g/mol. The van der Waals surface area contributed by atoms with Crippen LogP contribution in [0.4, 0.5) is 0 Å². The predicted octanol–water partition coefficient (Wildman–Crippen LogP) is 4.26. The molecule has 0 heterocycles.